The predicted molar refractivity (Wildman–Crippen MR) is 58.0 cm³/mol. The van der Waals surface area contributed by atoms with E-state index in [0.717, 1.165) is 19.6 Å². The van der Waals surface area contributed by atoms with Gasteiger partial charge >= 0.3 is 0 Å². The summed E-state index contributed by atoms with van der Waals surface area (Å²) in [7, 11) is 0. The zero-order chi connectivity index (χ0) is 9.14. The van der Waals surface area contributed by atoms with Gasteiger partial charge < -0.3 is 5.11 Å². The van der Waals surface area contributed by atoms with Crippen LogP contribution in [0.2, 0.25) is 0 Å². The molecule has 0 radical (unpaired) electrons. The van der Waals surface area contributed by atoms with Gasteiger partial charge in [0.1, 0.15) is 6.23 Å². The number of hydrogen-bond donors (Lipinski definition) is 1. The molecule has 0 aromatic heterocycles. The van der Waals surface area contributed by atoms with Crippen molar-refractivity contribution in [2.24, 2.45) is 0 Å². The van der Waals surface area contributed by atoms with Crippen LogP contribution in [0.15, 0.2) is 12.7 Å². The number of piperazine rings is 1. The molecular formula is C8H15IN2O. The van der Waals surface area contributed by atoms with Crippen molar-refractivity contribution in [1.82, 2.24) is 8.01 Å². The van der Waals surface area contributed by atoms with E-state index in [1.54, 1.807) is 6.08 Å². The van der Waals surface area contributed by atoms with Crippen LogP contribution < -0.4 is 0 Å². The summed E-state index contributed by atoms with van der Waals surface area (Å²) in [6.07, 6.45) is 1.10. The number of aliphatic hydroxyl groups is 1. The first-order chi connectivity index (χ1) is 5.65. The van der Waals surface area contributed by atoms with Gasteiger partial charge in [-0.05, 0) is 13.0 Å². The Morgan fingerprint density at radius 1 is 1.67 bits per heavy atom. The lowest BCUT2D eigenvalue weighted by atomic mass is 10.2. The molecule has 1 N–H and O–H groups in total. The lowest BCUT2D eigenvalue weighted by Gasteiger charge is -2.37. The zero-order valence-electron chi connectivity index (χ0n) is 7.28. The fourth-order valence-electron chi connectivity index (χ4n) is 1.35. The average molecular weight is 282 g/mol. The Bertz CT molecular complexity index is 165. The van der Waals surface area contributed by atoms with Gasteiger partial charge in [-0.25, -0.2) is 3.11 Å². The van der Waals surface area contributed by atoms with Gasteiger partial charge in [0.25, 0.3) is 0 Å². The smallest absolute Gasteiger partial charge is 0.126 e. The molecule has 70 valence electrons. The van der Waals surface area contributed by atoms with E-state index in [9.17, 15) is 5.11 Å². The molecule has 1 fully saturated rings. The second kappa shape index (κ2) is 4.55. The molecule has 3 nitrogen and oxygen atoms in total. The van der Waals surface area contributed by atoms with E-state index in [1.165, 1.54) is 0 Å². The van der Waals surface area contributed by atoms with Crippen molar-refractivity contribution in [3.8, 4) is 0 Å². The number of hydrogen-bond acceptors (Lipinski definition) is 3. The van der Waals surface area contributed by atoms with E-state index in [1.807, 2.05) is 4.90 Å². The summed E-state index contributed by atoms with van der Waals surface area (Å²) in [6.45, 7) is 8.57. The van der Waals surface area contributed by atoms with Crippen molar-refractivity contribution in [1.29, 1.82) is 0 Å². The van der Waals surface area contributed by atoms with Crippen molar-refractivity contribution in [2.75, 3.05) is 19.6 Å². The molecule has 2 atom stereocenters. The topological polar surface area (TPSA) is 26.7 Å². The van der Waals surface area contributed by atoms with Gasteiger partial charge in [0.2, 0.25) is 0 Å². The van der Waals surface area contributed by atoms with E-state index in [0.29, 0.717) is 6.04 Å². The Morgan fingerprint density at radius 3 is 2.83 bits per heavy atom. The summed E-state index contributed by atoms with van der Waals surface area (Å²) >= 11 is 2.33. The molecule has 1 rings (SSSR count). The summed E-state index contributed by atoms with van der Waals surface area (Å²) in [5.41, 5.74) is 0. The number of halogens is 1. The normalized spacial score (nSPS) is 30.1. The first-order valence-electron chi connectivity index (χ1n) is 4.12. The third-order valence-corrected chi connectivity index (χ3v) is 3.60. The van der Waals surface area contributed by atoms with Crippen LogP contribution in [-0.2, 0) is 0 Å². The van der Waals surface area contributed by atoms with E-state index >= 15 is 0 Å². The van der Waals surface area contributed by atoms with Crippen LogP contribution >= 0.6 is 22.9 Å². The van der Waals surface area contributed by atoms with Crippen molar-refractivity contribution >= 4 is 22.9 Å². The van der Waals surface area contributed by atoms with Gasteiger partial charge in [0.15, 0.2) is 0 Å². The van der Waals surface area contributed by atoms with E-state index in [2.05, 4.69) is 39.5 Å². The molecule has 12 heavy (non-hydrogen) atoms. The van der Waals surface area contributed by atoms with Crippen molar-refractivity contribution in [3.05, 3.63) is 12.7 Å². The van der Waals surface area contributed by atoms with Crippen LogP contribution in [0, 0.1) is 0 Å². The van der Waals surface area contributed by atoms with Crippen LogP contribution in [0.25, 0.3) is 0 Å². The molecule has 1 saturated heterocycles. The summed E-state index contributed by atoms with van der Waals surface area (Å²) in [5.74, 6) is 0. The molecule has 0 aromatic carbocycles. The molecule has 0 saturated carbocycles. The molecule has 1 aliphatic heterocycles. The molecule has 0 amide bonds. The second-order valence-electron chi connectivity index (χ2n) is 3.12. The standard InChI is InChI=1S/C8H15IN2O/c1-3-8(12)10-4-5-11(9)7(2)6-10/h3,7-8,12H,1,4-6H2,2H3. The van der Waals surface area contributed by atoms with Crippen molar-refractivity contribution < 1.29 is 5.11 Å². The van der Waals surface area contributed by atoms with Crippen LogP contribution in [0.1, 0.15) is 6.92 Å². The largest absolute Gasteiger partial charge is 0.375 e. The average Bonchev–Trinajstić information content (AvgIpc) is 2.08. The summed E-state index contributed by atoms with van der Waals surface area (Å²) < 4.78 is 2.27. The zero-order valence-corrected chi connectivity index (χ0v) is 9.44. The van der Waals surface area contributed by atoms with E-state index < -0.39 is 6.23 Å². The molecule has 0 spiro atoms. The summed E-state index contributed by atoms with van der Waals surface area (Å²) in [6, 6.07) is 0.508. The predicted octanol–water partition coefficient (Wildman–Crippen LogP) is 0.847. The highest BCUT2D eigenvalue weighted by atomic mass is 127. The van der Waals surface area contributed by atoms with Gasteiger partial charge in [0.05, 0.1) is 0 Å². The summed E-state index contributed by atoms with van der Waals surface area (Å²) in [5, 5.41) is 9.47. The number of aliphatic hydroxyl groups excluding tert-OH is 1. The first kappa shape index (κ1) is 10.4. The molecule has 4 heteroatoms. The molecule has 0 bridgehead atoms. The van der Waals surface area contributed by atoms with Gasteiger partial charge in [-0.15, -0.1) is 0 Å². The maximum Gasteiger partial charge on any atom is 0.126 e. The lowest BCUT2D eigenvalue weighted by Crippen LogP contribution is -2.51. The first-order valence-corrected chi connectivity index (χ1v) is 5.08. The molecule has 1 heterocycles. The van der Waals surface area contributed by atoms with E-state index in [4.69, 9.17) is 0 Å². The molecule has 1 aliphatic rings. The number of rotatable bonds is 2. The third kappa shape index (κ3) is 2.42. The van der Waals surface area contributed by atoms with E-state index in [-0.39, 0.29) is 0 Å². The number of nitrogens with zero attached hydrogens (tertiary/aromatic N) is 2. The van der Waals surface area contributed by atoms with Crippen molar-refractivity contribution in [2.45, 2.75) is 19.2 Å². The maximum absolute atomic E-state index is 9.47. The summed E-state index contributed by atoms with van der Waals surface area (Å²) in [4.78, 5) is 2.03. The Balaban J connectivity index is 2.44. The van der Waals surface area contributed by atoms with Gasteiger partial charge in [-0.2, -0.15) is 0 Å². The molecular weight excluding hydrogens is 267 g/mol. The highest BCUT2D eigenvalue weighted by Crippen LogP contribution is 2.15. The van der Waals surface area contributed by atoms with Crippen molar-refractivity contribution in [3.63, 3.8) is 0 Å². The Hall–Kier alpha value is 0.350. The van der Waals surface area contributed by atoms with Gasteiger partial charge in [-0.1, -0.05) is 6.58 Å². The molecule has 0 aromatic rings. The van der Waals surface area contributed by atoms with Crippen LogP contribution in [0.3, 0.4) is 0 Å². The van der Waals surface area contributed by atoms with Crippen LogP contribution in [0.4, 0.5) is 0 Å². The fraction of sp³-hybridized carbons (Fsp3) is 0.750. The van der Waals surface area contributed by atoms with Gasteiger partial charge in [-0.3, -0.25) is 4.90 Å². The minimum atomic E-state index is -0.474. The fourth-order valence-corrected chi connectivity index (χ4v) is 1.74. The Kier molecular flexibility index (Phi) is 3.95. The van der Waals surface area contributed by atoms with Crippen LogP contribution in [-0.4, -0.2) is 45.0 Å². The third-order valence-electron chi connectivity index (χ3n) is 2.16. The molecule has 0 aliphatic carbocycles. The Morgan fingerprint density at radius 2 is 2.33 bits per heavy atom. The Labute approximate surface area is 87.5 Å². The molecule has 2 unspecified atom stereocenters. The minimum Gasteiger partial charge on any atom is -0.375 e. The SMILES string of the molecule is C=CC(O)N1CCN(I)C(C)C1. The minimum absolute atomic E-state index is 0.474. The van der Waals surface area contributed by atoms with Gasteiger partial charge in [0, 0.05) is 48.5 Å². The van der Waals surface area contributed by atoms with Crippen LogP contribution in [0.5, 0.6) is 0 Å². The quantitative estimate of drug-likeness (QED) is 0.462. The lowest BCUT2D eigenvalue weighted by molar-refractivity contribution is 0.0108. The maximum atomic E-state index is 9.47. The highest BCUT2D eigenvalue weighted by molar-refractivity contribution is 14.1. The monoisotopic (exact) mass is 282 g/mol. The second-order valence-corrected chi connectivity index (χ2v) is 4.36. The highest BCUT2D eigenvalue weighted by Gasteiger charge is 2.24.